The summed E-state index contributed by atoms with van der Waals surface area (Å²) in [5.41, 5.74) is 6.85. The molecule has 0 aliphatic rings. The summed E-state index contributed by atoms with van der Waals surface area (Å²) in [5, 5.41) is 4.23. The van der Waals surface area contributed by atoms with Crippen LogP contribution in [0.3, 0.4) is 0 Å². The quantitative estimate of drug-likeness (QED) is 0.705. The van der Waals surface area contributed by atoms with E-state index in [1.807, 2.05) is 26.2 Å². The summed E-state index contributed by atoms with van der Waals surface area (Å²) < 4.78 is 1.76. The maximum absolute atomic E-state index is 5.91. The minimum absolute atomic E-state index is 0.0158. The first-order chi connectivity index (χ1) is 6.24. The van der Waals surface area contributed by atoms with E-state index in [9.17, 15) is 0 Å². The molecule has 0 aromatic carbocycles. The van der Waals surface area contributed by atoms with Crippen LogP contribution in [0.4, 0.5) is 0 Å². The Kier molecular flexibility index (Phi) is 3.53. The minimum Gasteiger partial charge on any atom is -0.323 e. The molecule has 1 aromatic rings. The monoisotopic (exact) mass is 177 g/mol. The molecular weight excluding hydrogens is 162 g/mol. The summed E-state index contributed by atoms with van der Waals surface area (Å²) in [6.07, 6.45) is 3.62. The highest BCUT2D eigenvalue weighted by molar-refractivity contribution is 5.05. The summed E-state index contributed by atoms with van der Waals surface area (Å²) in [5.74, 6) is 5.84. The topological polar surface area (TPSA) is 43.8 Å². The standard InChI is InChI=1S/C10H15N3/c1-3-4-5-6-9(11)10-7-8-13(2)12-10/h7-9H,5-6,11H2,1-2H3. The molecule has 0 saturated heterocycles. The van der Waals surface area contributed by atoms with Crippen molar-refractivity contribution in [2.24, 2.45) is 12.8 Å². The Labute approximate surface area is 78.9 Å². The van der Waals surface area contributed by atoms with Gasteiger partial charge in [0.1, 0.15) is 0 Å². The van der Waals surface area contributed by atoms with Gasteiger partial charge >= 0.3 is 0 Å². The van der Waals surface area contributed by atoms with Gasteiger partial charge in [-0.2, -0.15) is 5.10 Å². The lowest BCUT2D eigenvalue weighted by molar-refractivity contribution is 0.624. The van der Waals surface area contributed by atoms with Gasteiger partial charge in [-0.05, 0) is 19.4 Å². The summed E-state index contributed by atoms with van der Waals surface area (Å²) in [7, 11) is 1.89. The minimum atomic E-state index is 0.0158. The van der Waals surface area contributed by atoms with Gasteiger partial charge in [0, 0.05) is 25.7 Å². The molecule has 1 rings (SSSR count). The molecule has 13 heavy (non-hydrogen) atoms. The average molecular weight is 177 g/mol. The molecule has 1 heterocycles. The number of aromatic nitrogens is 2. The second-order valence-electron chi connectivity index (χ2n) is 2.99. The van der Waals surface area contributed by atoms with Crippen LogP contribution < -0.4 is 5.73 Å². The van der Waals surface area contributed by atoms with Crippen molar-refractivity contribution in [3.8, 4) is 11.8 Å². The molecule has 0 fully saturated rings. The summed E-state index contributed by atoms with van der Waals surface area (Å²) >= 11 is 0. The van der Waals surface area contributed by atoms with Crippen LogP contribution in [0.5, 0.6) is 0 Å². The Morgan fingerprint density at radius 2 is 2.46 bits per heavy atom. The lowest BCUT2D eigenvalue weighted by atomic mass is 10.1. The second-order valence-corrected chi connectivity index (χ2v) is 2.99. The Morgan fingerprint density at radius 3 is 3.00 bits per heavy atom. The first kappa shape index (κ1) is 9.82. The van der Waals surface area contributed by atoms with E-state index in [-0.39, 0.29) is 6.04 Å². The number of aryl methyl sites for hydroxylation is 1. The smallest absolute Gasteiger partial charge is 0.0791 e. The molecule has 3 nitrogen and oxygen atoms in total. The Balaban J connectivity index is 2.47. The Morgan fingerprint density at radius 1 is 1.69 bits per heavy atom. The van der Waals surface area contributed by atoms with E-state index in [0.29, 0.717) is 0 Å². The largest absolute Gasteiger partial charge is 0.323 e. The van der Waals surface area contributed by atoms with E-state index < -0.39 is 0 Å². The number of hydrogen-bond donors (Lipinski definition) is 1. The van der Waals surface area contributed by atoms with Crippen molar-refractivity contribution in [1.29, 1.82) is 0 Å². The van der Waals surface area contributed by atoms with Gasteiger partial charge in [-0.1, -0.05) is 0 Å². The van der Waals surface area contributed by atoms with Gasteiger partial charge in [0.25, 0.3) is 0 Å². The van der Waals surface area contributed by atoms with Crippen molar-refractivity contribution < 1.29 is 0 Å². The molecule has 1 aromatic heterocycles. The molecule has 0 spiro atoms. The van der Waals surface area contributed by atoms with E-state index in [2.05, 4.69) is 16.9 Å². The van der Waals surface area contributed by atoms with Crippen LogP contribution in [0.25, 0.3) is 0 Å². The summed E-state index contributed by atoms with van der Waals surface area (Å²) in [6, 6.07) is 1.96. The van der Waals surface area contributed by atoms with Crippen LogP contribution in [0, 0.1) is 11.8 Å². The number of rotatable bonds is 3. The van der Waals surface area contributed by atoms with Crippen LogP contribution in [-0.2, 0) is 7.05 Å². The molecule has 0 saturated carbocycles. The van der Waals surface area contributed by atoms with Crippen LogP contribution in [0.15, 0.2) is 12.3 Å². The Hall–Kier alpha value is -1.27. The van der Waals surface area contributed by atoms with Crippen LogP contribution in [0.1, 0.15) is 31.5 Å². The zero-order valence-corrected chi connectivity index (χ0v) is 8.12. The van der Waals surface area contributed by atoms with E-state index in [1.54, 1.807) is 4.68 Å². The van der Waals surface area contributed by atoms with Crippen molar-refractivity contribution in [2.75, 3.05) is 0 Å². The normalized spacial score (nSPS) is 11.9. The molecule has 0 amide bonds. The zero-order chi connectivity index (χ0) is 9.68. The third-order valence-corrected chi connectivity index (χ3v) is 1.87. The molecule has 2 N–H and O–H groups in total. The number of nitrogens with zero attached hydrogens (tertiary/aromatic N) is 2. The maximum Gasteiger partial charge on any atom is 0.0791 e. The van der Waals surface area contributed by atoms with E-state index >= 15 is 0 Å². The Bertz CT molecular complexity index is 316. The van der Waals surface area contributed by atoms with Crippen molar-refractivity contribution >= 4 is 0 Å². The highest BCUT2D eigenvalue weighted by atomic mass is 15.3. The van der Waals surface area contributed by atoms with Gasteiger partial charge in [-0.25, -0.2) is 0 Å². The van der Waals surface area contributed by atoms with Crippen molar-refractivity contribution in [3.63, 3.8) is 0 Å². The fourth-order valence-corrected chi connectivity index (χ4v) is 1.13. The lowest BCUT2D eigenvalue weighted by Gasteiger charge is -2.04. The van der Waals surface area contributed by atoms with Crippen LogP contribution in [-0.4, -0.2) is 9.78 Å². The molecule has 0 aliphatic heterocycles. The lowest BCUT2D eigenvalue weighted by Crippen LogP contribution is -2.10. The number of hydrogen-bond acceptors (Lipinski definition) is 2. The molecule has 0 aliphatic carbocycles. The molecule has 1 unspecified atom stereocenters. The maximum atomic E-state index is 5.91. The van der Waals surface area contributed by atoms with Crippen molar-refractivity contribution in [1.82, 2.24) is 9.78 Å². The van der Waals surface area contributed by atoms with Gasteiger partial charge in [-0.3, -0.25) is 4.68 Å². The highest BCUT2D eigenvalue weighted by Crippen LogP contribution is 2.12. The first-order valence-corrected chi connectivity index (χ1v) is 4.38. The van der Waals surface area contributed by atoms with Crippen molar-refractivity contribution in [3.05, 3.63) is 18.0 Å². The SMILES string of the molecule is CC#CCCC(N)c1ccn(C)n1. The van der Waals surface area contributed by atoms with E-state index in [1.165, 1.54) is 0 Å². The first-order valence-electron chi connectivity index (χ1n) is 4.38. The van der Waals surface area contributed by atoms with Crippen LogP contribution in [0.2, 0.25) is 0 Å². The van der Waals surface area contributed by atoms with Gasteiger partial charge in [0.2, 0.25) is 0 Å². The molecule has 3 heteroatoms. The molecule has 70 valence electrons. The van der Waals surface area contributed by atoms with E-state index in [0.717, 1.165) is 18.5 Å². The van der Waals surface area contributed by atoms with Gasteiger partial charge in [0.15, 0.2) is 0 Å². The molecule has 0 bridgehead atoms. The van der Waals surface area contributed by atoms with Gasteiger partial charge in [-0.15, -0.1) is 11.8 Å². The van der Waals surface area contributed by atoms with Gasteiger partial charge < -0.3 is 5.73 Å². The number of nitrogens with two attached hydrogens (primary N) is 1. The molecule has 1 atom stereocenters. The predicted molar refractivity (Wildman–Crippen MR) is 52.8 cm³/mol. The predicted octanol–water partition coefficient (Wildman–Crippen LogP) is 1.22. The van der Waals surface area contributed by atoms with E-state index in [4.69, 9.17) is 5.73 Å². The fourth-order valence-electron chi connectivity index (χ4n) is 1.13. The summed E-state index contributed by atoms with van der Waals surface area (Å²) in [6.45, 7) is 1.84. The zero-order valence-electron chi connectivity index (χ0n) is 8.12. The highest BCUT2D eigenvalue weighted by Gasteiger charge is 2.06. The third-order valence-electron chi connectivity index (χ3n) is 1.87. The molecular formula is C10H15N3. The molecule has 0 radical (unpaired) electrons. The van der Waals surface area contributed by atoms with Gasteiger partial charge in [0.05, 0.1) is 5.69 Å². The van der Waals surface area contributed by atoms with Crippen molar-refractivity contribution in [2.45, 2.75) is 25.8 Å². The summed E-state index contributed by atoms with van der Waals surface area (Å²) in [4.78, 5) is 0. The third kappa shape index (κ3) is 2.92. The second kappa shape index (κ2) is 4.68. The van der Waals surface area contributed by atoms with Crippen LogP contribution >= 0.6 is 0 Å². The average Bonchev–Trinajstić information content (AvgIpc) is 2.52. The fraction of sp³-hybridized carbons (Fsp3) is 0.500.